The Balaban J connectivity index is 2.22. The second kappa shape index (κ2) is 4.77. The SMILES string of the molecule is CC1Sc2ccc(NC(=O)CN)cc2NC1=O. The van der Waals surface area contributed by atoms with Crippen LogP contribution in [0.5, 0.6) is 0 Å². The molecule has 4 N–H and O–H groups in total. The summed E-state index contributed by atoms with van der Waals surface area (Å²) in [7, 11) is 0. The van der Waals surface area contributed by atoms with Crippen LogP contribution in [-0.4, -0.2) is 23.6 Å². The fraction of sp³-hybridized carbons (Fsp3) is 0.273. The predicted octanol–water partition coefficient (Wildman–Crippen LogP) is 1.02. The number of benzene rings is 1. The van der Waals surface area contributed by atoms with Crippen molar-refractivity contribution in [2.24, 2.45) is 5.73 Å². The number of carbonyl (C=O) groups is 2. The summed E-state index contributed by atoms with van der Waals surface area (Å²) in [4.78, 5) is 23.6. The molecule has 0 aliphatic carbocycles. The molecule has 90 valence electrons. The molecule has 5 nitrogen and oxygen atoms in total. The van der Waals surface area contributed by atoms with Crippen molar-refractivity contribution in [1.29, 1.82) is 0 Å². The second-order valence-electron chi connectivity index (χ2n) is 3.71. The number of nitrogens with one attached hydrogen (secondary N) is 2. The number of anilines is 2. The molecular weight excluding hydrogens is 238 g/mol. The molecule has 1 aliphatic rings. The summed E-state index contributed by atoms with van der Waals surface area (Å²) in [6, 6.07) is 5.41. The molecule has 1 aromatic rings. The first-order valence-corrected chi connectivity index (χ1v) is 6.09. The Bertz CT molecular complexity index is 476. The minimum atomic E-state index is -0.256. The van der Waals surface area contributed by atoms with Crippen molar-refractivity contribution in [2.75, 3.05) is 17.2 Å². The van der Waals surface area contributed by atoms with Gasteiger partial charge in [0.25, 0.3) is 0 Å². The normalized spacial score (nSPS) is 18.2. The van der Waals surface area contributed by atoms with Gasteiger partial charge in [0.05, 0.1) is 17.5 Å². The van der Waals surface area contributed by atoms with Crippen LogP contribution < -0.4 is 16.4 Å². The lowest BCUT2D eigenvalue weighted by atomic mass is 10.2. The molecule has 2 rings (SSSR count). The molecule has 0 aromatic heterocycles. The molecule has 0 spiro atoms. The van der Waals surface area contributed by atoms with E-state index in [1.807, 2.05) is 13.0 Å². The summed E-state index contributed by atoms with van der Waals surface area (Å²) in [6.45, 7) is 1.79. The molecule has 1 heterocycles. The van der Waals surface area contributed by atoms with Crippen LogP contribution in [0.4, 0.5) is 11.4 Å². The van der Waals surface area contributed by atoms with Crippen molar-refractivity contribution in [3.63, 3.8) is 0 Å². The van der Waals surface area contributed by atoms with Crippen molar-refractivity contribution >= 4 is 35.0 Å². The van der Waals surface area contributed by atoms with Crippen molar-refractivity contribution in [2.45, 2.75) is 17.1 Å². The van der Waals surface area contributed by atoms with Gasteiger partial charge in [0.1, 0.15) is 0 Å². The summed E-state index contributed by atoms with van der Waals surface area (Å²) in [6.07, 6.45) is 0. The number of amides is 2. The lowest BCUT2D eigenvalue weighted by Gasteiger charge is -2.21. The van der Waals surface area contributed by atoms with Gasteiger partial charge in [-0.15, -0.1) is 11.8 Å². The number of thioether (sulfide) groups is 1. The summed E-state index contributed by atoms with van der Waals surface area (Å²) in [5, 5.41) is 5.35. The third-order valence-corrected chi connectivity index (χ3v) is 3.56. The minimum absolute atomic E-state index is 0.0233. The molecule has 2 amide bonds. The molecule has 0 saturated heterocycles. The third-order valence-electron chi connectivity index (χ3n) is 2.38. The first kappa shape index (κ1) is 11.9. The fourth-order valence-corrected chi connectivity index (χ4v) is 2.43. The van der Waals surface area contributed by atoms with Crippen LogP contribution in [0.25, 0.3) is 0 Å². The molecule has 1 aromatic carbocycles. The summed E-state index contributed by atoms with van der Waals surface area (Å²) in [5.41, 5.74) is 6.58. The van der Waals surface area contributed by atoms with E-state index in [9.17, 15) is 9.59 Å². The Hall–Kier alpha value is -1.53. The van der Waals surface area contributed by atoms with E-state index in [1.54, 1.807) is 12.1 Å². The van der Waals surface area contributed by atoms with Gasteiger partial charge in [-0.2, -0.15) is 0 Å². The Morgan fingerprint density at radius 2 is 2.35 bits per heavy atom. The molecule has 1 unspecified atom stereocenters. The molecule has 17 heavy (non-hydrogen) atoms. The zero-order chi connectivity index (χ0) is 12.4. The van der Waals surface area contributed by atoms with Crippen LogP contribution in [0.3, 0.4) is 0 Å². The van der Waals surface area contributed by atoms with Crippen molar-refractivity contribution in [1.82, 2.24) is 0 Å². The van der Waals surface area contributed by atoms with E-state index in [-0.39, 0.29) is 23.6 Å². The highest BCUT2D eigenvalue weighted by Crippen LogP contribution is 2.36. The first-order valence-electron chi connectivity index (χ1n) is 5.21. The van der Waals surface area contributed by atoms with Crippen molar-refractivity contribution < 1.29 is 9.59 Å². The quantitative estimate of drug-likeness (QED) is 0.732. The van der Waals surface area contributed by atoms with Gasteiger partial charge in [-0.05, 0) is 25.1 Å². The molecular formula is C11H13N3O2S. The monoisotopic (exact) mass is 251 g/mol. The molecule has 1 aliphatic heterocycles. The number of nitrogens with two attached hydrogens (primary N) is 1. The van der Waals surface area contributed by atoms with Gasteiger partial charge in [-0.3, -0.25) is 9.59 Å². The van der Waals surface area contributed by atoms with Gasteiger partial charge in [-0.25, -0.2) is 0 Å². The van der Waals surface area contributed by atoms with Crippen LogP contribution in [0.2, 0.25) is 0 Å². The van der Waals surface area contributed by atoms with E-state index in [0.29, 0.717) is 5.69 Å². The number of rotatable bonds is 2. The highest BCUT2D eigenvalue weighted by atomic mass is 32.2. The zero-order valence-electron chi connectivity index (χ0n) is 9.32. The van der Waals surface area contributed by atoms with E-state index < -0.39 is 0 Å². The predicted molar refractivity (Wildman–Crippen MR) is 68.1 cm³/mol. The second-order valence-corrected chi connectivity index (χ2v) is 5.10. The van der Waals surface area contributed by atoms with Gasteiger partial charge < -0.3 is 16.4 Å². The number of hydrogen-bond donors (Lipinski definition) is 3. The highest BCUT2D eigenvalue weighted by Gasteiger charge is 2.22. The number of carbonyl (C=O) groups excluding carboxylic acids is 2. The maximum Gasteiger partial charge on any atom is 0.238 e. The average molecular weight is 251 g/mol. The van der Waals surface area contributed by atoms with Crippen LogP contribution in [0, 0.1) is 0 Å². The van der Waals surface area contributed by atoms with Crippen molar-refractivity contribution in [3.8, 4) is 0 Å². The summed E-state index contributed by atoms with van der Waals surface area (Å²) < 4.78 is 0. The lowest BCUT2D eigenvalue weighted by molar-refractivity contribution is -0.116. The molecule has 0 radical (unpaired) electrons. The Kier molecular flexibility index (Phi) is 3.35. The maximum absolute atomic E-state index is 11.5. The van der Waals surface area contributed by atoms with Crippen LogP contribution in [0.15, 0.2) is 23.1 Å². The Labute approximate surface area is 103 Å². The lowest BCUT2D eigenvalue weighted by Crippen LogP contribution is -2.26. The smallest absolute Gasteiger partial charge is 0.238 e. The Morgan fingerprint density at radius 3 is 3.06 bits per heavy atom. The molecule has 1 atom stereocenters. The number of hydrogen-bond acceptors (Lipinski definition) is 4. The average Bonchev–Trinajstić information content (AvgIpc) is 2.31. The van der Waals surface area contributed by atoms with Gasteiger partial charge in [0, 0.05) is 10.6 Å². The van der Waals surface area contributed by atoms with Crippen LogP contribution in [-0.2, 0) is 9.59 Å². The first-order chi connectivity index (χ1) is 8.10. The van der Waals surface area contributed by atoms with E-state index >= 15 is 0 Å². The molecule has 0 saturated carbocycles. The van der Waals surface area contributed by atoms with Gasteiger partial charge in [-0.1, -0.05) is 0 Å². The van der Waals surface area contributed by atoms with E-state index in [4.69, 9.17) is 5.73 Å². The topological polar surface area (TPSA) is 84.2 Å². The minimum Gasteiger partial charge on any atom is -0.325 e. The van der Waals surface area contributed by atoms with Gasteiger partial charge in [0.15, 0.2) is 0 Å². The Morgan fingerprint density at radius 1 is 1.59 bits per heavy atom. The summed E-state index contributed by atoms with van der Waals surface area (Å²) >= 11 is 1.50. The summed E-state index contributed by atoms with van der Waals surface area (Å²) in [5.74, 6) is -0.280. The number of fused-ring (bicyclic) bond motifs is 1. The fourth-order valence-electron chi connectivity index (χ4n) is 1.50. The highest BCUT2D eigenvalue weighted by molar-refractivity contribution is 8.00. The maximum atomic E-state index is 11.5. The van der Waals surface area contributed by atoms with Gasteiger partial charge in [0.2, 0.25) is 11.8 Å². The van der Waals surface area contributed by atoms with Crippen LogP contribution >= 0.6 is 11.8 Å². The molecule has 6 heteroatoms. The molecule has 0 fully saturated rings. The van der Waals surface area contributed by atoms with E-state index in [1.165, 1.54) is 11.8 Å². The standard InChI is InChI=1S/C11H13N3O2S/c1-6-11(16)14-8-4-7(13-10(15)5-12)2-3-9(8)17-6/h2-4,6H,5,12H2,1H3,(H,13,15)(H,14,16). The van der Waals surface area contributed by atoms with E-state index in [0.717, 1.165) is 10.6 Å². The van der Waals surface area contributed by atoms with Crippen molar-refractivity contribution in [3.05, 3.63) is 18.2 Å². The molecule has 0 bridgehead atoms. The largest absolute Gasteiger partial charge is 0.325 e. The zero-order valence-corrected chi connectivity index (χ0v) is 10.1. The van der Waals surface area contributed by atoms with Crippen LogP contribution in [0.1, 0.15) is 6.92 Å². The van der Waals surface area contributed by atoms with E-state index in [2.05, 4.69) is 10.6 Å². The van der Waals surface area contributed by atoms with Gasteiger partial charge >= 0.3 is 0 Å². The third kappa shape index (κ3) is 2.59.